The highest BCUT2D eigenvalue weighted by molar-refractivity contribution is 6.32. The van der Waals surface area contributed by atoms with Crippen LogP contribution in [0.4, 0.5) is 0 Å². The Morgan fingerprint density at radius 3 is 2.72 bits per heavy atom. The van der Waals surface area contributed by atoms with Crippen molar-refractivity contribution in [3.05, 3.63) is 28.8 Å². The second kappa shape index (κ2) is 8.35. The molecule has 0 radical (unpaired) electrons. The summed E-state index contributed by atoms with van der Waals surface area (Å²) in [5.74, 6) is 0.756. The van der Waals surface area contributed by atoms with E-state index in [1.807, 2.05) is 25.1 Å². The Morgan fingerprint density at radius 1 is 1.28 bits per heavy atom. The number of ether oxygens (including phenoxy) is 2. The van der Waals surface area contributed by atoms with Crippen molar-refractivity contribution < 1.29 is 9.47 Å². The smallest absolute Gasteiger partial charge is 0.142 e. The summed E-state index contributed by atoms with van der Waals surface area (Å²) < 4.78 is 11.0. The Balaban J connectivity index is 2.62. The van der Waals surface area contributed by atoms with E-state index in [-0.39, 0.29) is 0 Å². The first kappa shape index (κ1) is 15.3. The summed E-state index contributed by atoms with van der Waals surface area (Å²) in [7, 11) is 0. The van der Waals surface area contributed by atoms with Gasteiger partial charge in [0, 0.05) is 24.8 Å². The third kappa shape index (κ3) is 5.25. The highest BCUT2D eigenvalue weighted by Gasteiger charge is 2.08. The number of nitrogens with one attached hydrogen (secondary N) is 1. The Kier molecular flexibility index (Phi) is 7.09. The molecule has 1 aromatic rings. The molecule has 0 saturated heterocycles. The topological polar surface area (TPSA) is 30.5 Å². The first-order valence-electron chi connectivity index (χ1n) is 6.36. The maximum atomic E-state index is 6.16. The predicted octanol–water partition coefficient (Wildman–Crippen LogP) is 3.25. The first-order chi connectivity index (χ1) is 8.65. The van der Waals surface area contributed by atoms with Gasteiger partial charge in [-0.05, 0) is 13.0 Å². The number of hydrogen-bond donors (Lipinski definition) is 1. The number of halogens is 1. The zero-order valence-corrected chi connectivity index (χ0v) is 12.1. The highest BCUT2D eigenvalue weighted by atomic mass is 35.5. The zero-order valence-electron chi connectivity index (χ0n) is 11.3. The molecule has 0 fully saturated rings. The van der Waals surface area contributed by atoms with Crippen molar-refractivity contribution in [1.82, 2.24) is 5.32 Å². The van der Waals surface area contributed by atoms with Crippen LogP contribution in [0.15, 0.2) is 18.2 Å². The van der Waals surface area contributed by atoms with E-state index in [0.717, 1.165) is 17.9 Å². The van der Waals surface area contributed by atoms with Gasteiger partial charge in [-0.15, -0.1) is 0 Å². The van der Waals surface area contributed by atoms with Gasteiger partial charge in [-0.2, -0.15) is 0 Å². The molecule has 0 amide bonds. The molecular formula is C14H22ClNO2. The van der Waals surface area contributed by atoms with Gasteiger partial charge in [0.15, 0.2) is 0 Å². The SMILES string of the molecule is CCOCCOc1c(Cl)cccc1CNC(C)C. The van der Waals surface area contributed by atoms with Crippen LogP contribution in [0.3, 0.4) is 0 Å². The third-order valence-corrected chi connectivity index (χ3v) is 2.73. The van der Waals surface area contributed by atoms with E-state index in [0.29, 0.717) is 30.9 Å². The molecule has 18 heavy (non-hydrogen) atoms. The fourth-order valence-electron chi connectivity index (χ4n) is 1.52. The summed E-state index contributed by atoms with van der Waals surface area (Å²) in [6.07, 6.45) is 0. The molecule has 0 bridgehead atoms. The Labute approximate surface area is 114 Å². The monoisotopic (exact) mass is 271 g/mol. The molecule has 0 unspecified atom stereocenters. The van der Waals surface area contributed by atoms with Crippen LogP contribution in [0.2, 0.25) is 5.02 Å². The van der Waals surface area contributed by atoms with Gasteiger partial charge < -0.3 is 14.8 Å². The fraction of sp³-hybridized carbons (Fsp3) is 0.571. The maximum absolute atomic E-state index is 6.16. The second-order valence-electron chi connectivity index (χ2n) is 4.31. The molecule has 1 N–H and O–H groups in total. The van der Waals surface area contributed by atoms with Crippen molar-refractivity contribution in [2.24, 2.45) is 0 Å². The summed E-state index contributed by atoms with van der Waals surface area (Å²) in [5.41, 5.74) is 1.08. The summed E-state index contributed by atoms with van der Waals surface area (Å²) in [5, 5.41) is 4.01. The van der Waals surface area contributed by atoms with E-state index in [4.69, 9.17) is 21.1 Å². The molecule has 0 spiro atoms. The lowest BCUT2D eigenvalue weighted by Gasteiger charge is -2.15. The van der Waals surface area contributed by atoms with Crippen LogP contribution < -0.4 is 10.1 Å². The van der Waals surface area contributed by atoms with Crippen molar-refractivity contribution in [1.29, 1.82) is 0 Å². The average Bonchev–Trinajstić information content (AvgIpc) is 2.34. The Hall–Kier alpha value is -0.770. The zero-order chi connectivity index (χ0) is 13.4. The van der Waals surface area contributed by atoms with Gasteiger partial charge in [-0.3, -0.25) is 0 Å². The normalized spacial score (nSPS) is 10.9. The van der Waals surface area contributed by atoms with Crippen molar-refractivity contribution in [3.63, 3.8) is 0 Å². The van der Waals surface area contributed by atoms with Crippen molar-refractivity contribution in [3.8, 4) is 5.75 Å². The van der Waals surface area contributed by atoms with Gasteiger partial charge in [0.1, 0.15) is 12.4 Å². The maximum Gasteiger partial charge on any atom is 0.142 e. The Bertz CT molecular complexity index is 356. The van der Waals surface area contributed by atoms with Crippen molar-refractivity contribution >= 4 is 11.6 Å². The van der Waals surface area contributed by atoms with Crippen LogP contribution in [0.5, 0.6) is 5.75 Å². The van der Waals surface area contributed by atoms with Crippen LogP contribution in [-0.2, 0) is 11.3 Å². The van der Waals surface area contributed by atoms with Crippen LogP contribution >= 0.6 is 11.6 Å². The number of rotatable bonds is 8. The van der Waals surface area contributed by atoms with Gasteiger partial charge in [-0.25, -0.2) is 0 Å². The van der Waals surface area contributed by atoms with Gasteiger partial charge in [0.05, 0.1) is 11.6 Å². The molecule has 0 aliphatic carbocycles. The van der Waals surface area contributed by atoms with E-state index >= 15 is 0 Å². The second-order valence-corrected chi connectivity index (χ2v) is 4.72. The van der Waals surface area contributed by atoms with E-state index in [9.17, 15) is 0 Å². The molecular weight excluding hydrogens is 250 g/mol. The average molecular weight is 272 g/mol. The van der Waals surface area contributed by atoms with Crippen LogP contribution in [-0.4, -0.2) is 25.9 Å². The minimum absolute atomic E-state index is 0.431. The lowest BCUT2D eigenvalue weighted by Crippen LogP contribution is -2.22. The molecule has 1 rings (SSSR count). The van der Waals surface area contributed by atoms with Crippen LogP contribution in [0.1, 0.15) is 26.3 Å². The molecule has 0 aliphatic rings. The molecule has 0 heterocycles. The van der Waals surface area contributed by atoms with Gasteiger partial charge >= 0.3 is 0 Å². The first-order valence-corrected chi connectivity index (χ1v) is 6.74. The predicted molar refractivity (Wildman–Crippen MR) is 75.4 cm³/mol. The van der Waals surface area contributed by atoms with Crippen LogP contribution in [0, 0.1) is 0 Å². The van der Waals surface area contributed by atoms with E-state index in [1.54, 1.807) is 0 Å². The third-order valence-electron chi connectivity index (χ3n) is 2.43. The van der Waals surface area contributed by atoms with Crippen molar-refractivity contribution in [2.45, 2.75) is 33.4 Å². The minimum atomic E-state index is 0.431. The fourth-order valence-corrected chi connectivity index (χ4v) is 1.76. The van der Waals surface area contributed by atoms with Gasteiger partial charge in [-0.1, -0.05) is 37.6 Å². The summed E-state index contributed by atoms with van der Waals surface area (Å²) in [6.45, 7) is 8.74. The molecule has 0 saturated carbocycles. The van der Waals surface area contributed by atoms with Gasteiger partial charge in [0.25, 0.3) is 0 Å². The summed E-state index contributed by atoms with van der Waals surface area (Å²) in [6, 6.07) is 6.24. The lowest BCUT2D eigenvalue weighted by atomic mass is 10.2. The van der Waals surface area contributed by atoms with Gasteiger partial charge in [0.2, 0.25) is 0 Å². The minimum Gasteiger partial charge on any atom is -0.489 e. The molecule has 4 heteroatoms. The summed E-state index contributed by atoms with van der Waals surface area (Å²) >= 11 is 6.16. The molecule has 0 aromatic heterocycles. The Morgan fingerprint density at radius 2 is 2.06 bits per heavy atom. The van der Waals surface area contributed by atoms with Crippen LogP contribution in [0.25, 0.3) is 0 Å². The van der Waals surface area contributed by atoms with Crippen molar-refractivity contribution in [2.75, 3.05) is 19.8 Å². The summed E-state index contributed by atoms with van der Waals surface area (Å²) in [4.78, 5) is 0. The van der Waals surface area contributed by atoms with E-state index in [2.05, 4.69) is 19.2 Å². The standard InChI is InChI=1S/C14H22ClNO2/c1-4-17-8-9-18-14-12(10-16-11(2)3)6-5-7-13(14)15/h5-7,11,16H,4,8-10H2,1-3H3. The molecule has 0 aliphatic heterocycles. The molecule has 102 valence electrons. The molecule has 1 aromatic carbocycles. The molecule has 0 atom stereocenters. The van der Waals surface area contributed by atoms with E-state index in [1.165, 1.54) is 0 Å². The largest absolute Gasteiger partial charge is 0.489 e. The molecule has 3 nitrogen and oxygen atoms in total. The highest BCUT2D eigenvalue weighted by Crippen LogP contribution is 2.28. The quantitative estimate of drug-likeness (QED) is 0.736. The lowest BCUT2D eigenvalue weighted by molar-refractivity contribution is 0.110. The number of hydrogen-bond acceptors (Lipinski definition) is 3. The number of para-hydroxylation sites is 1. The van der Waals surface area contributed by atoms with E-state index < -0.39 is 0 Å². The number of benzene rings is 1.